The van der Waals surface area contributed by atoms with E-state index in [4.69, 9.17) is 16.9 Å². The third-order valence-electron chi connectivity index (χ3n) is 2.27. The molecule has 1 unspecified atom stereocenters. The number of aromatic nitrogens is 2. The van der Waals surface area contributed by atoms with Crippen molar-refractivity contribution < 1.29 is 0 Å². The van der Waals surface area contributed by atoms with Crippen molar-refractivity contribution in [2.75, 3.05) is 0 Å². The first kappa shape index (κ1) is 9.88. The largest absolute Gasteiger partial charge is 0.244 e. The Bertz CT molecular complexity index is 456. The Morgan fingerprint density at radius 2 is 2.13 bits per heavy atom. The maximum Gasteiger partial charge on any atom is 0.115 e. The summed E-state index contributed by atoms with van der Waals surface area (Å²) < 4.78 is 0. The van der Waals surface area contributed by atoms with Crippen LogP contribution in [-0.4, -0.2) is 9.97 Å². The highest BCUT2D eigenvalue weighted by Crippen LogP contribution is 2.31. The molecule has 0 saturated carbocycles. The molecule has 1 heterocycles. The highest BCUT2D eigenvalue weighted by molar-refractivity contribution is 6.31. The van der Waals surface area contributed by atoms with E-state index >= 15 is 0 Å². The quantitative estimate of drug-likeness (QED) is 0.726. The molecule has 4 heteroatoms. The molecule has 0 radical (unpaired) electrons. The van der Waals surface area contributed by atoms with Crippen LogP contribution in [0.2, 0.25) is 0 Å². The topological polar surface area (TPSA) is 49.6 Å². The van der Waals surface area contributed by atoms with Crippen LogP contribution in [0.1, 0.15) is 12.0 Å². The molecule has 1 atom stereocenters. The van der Waals surface area contributed by atoms with Crippen molar-refractivity contribution in [1.82, 2.24) is 9.97 Å². The third kappa shape index (κ3) is 2.05. The van der Waals surface area contributed by atoms with Crippen LogP contribution in [0.15, 0.2) is 35.9 Å². The fourth-order valence-electron chi connectivity index (χ4n) is 1.52. The predicted molar refractivity (Wildman–Crippen MR) is 57.7 cm³/mol. The van der Waals surface area contributed by atoms with Crippen LogP contribution in [-0.2, 0) is 0 Å². The zero-order valence-electron chi connectivity index (χ0n) is 7.89. The summed E-state index contributed by atoms with van der Waals surface area (Å²) in [5.41, 5.74) is 1.75. The molecule has 1 aromatic rings. The summed E-state index contributed by atoms with van der Waals surface area (Å²) in [6.45, 7) is 0. The van der Waals surface area contributed by atoms with E-state index in [1.807, 2.05) is 6.08 Å². The van der Waals surface area contributed by atoms with E-state index in [0.29, 0.717) is 11.5 Å². The molecule has 0 bridgehead atoms. The summed E-state index contributed by atoms with van der Waals surface area (Å²) in [5, 5.41) is 9.67. The lowest BCUT2D eigenvalue weighted by molar-refractivity contribution is 0.854. The maximum atomic E-state index is 9.01. The van der Waals surface area contributed by atoms with Crippen molar-refractivity contribution >= 4 is 17.2 Å². The van der Waals surface area contributed by atoms with Crippen molar-refractivity contribution in [3.63, 3.8) is 0 Å². The summed E-state index contributed by atoms with van der Waals surface area (Å²) in [7, 11) is 0. The zero-order valence-corrected chi connectivity index (χ0v) is 8.65. The fourth-order valence-corrected chi connectivity index (χ4v) is 1.73. The Morgan fingerprint density at radius 1 is 1.40 bits per heavy atom. The van der Waals surface area contributed by atoms with Crippen LogP contribution < -0.4 is 0 Å². The minimum absolute atomic E-state index is 0.154. The molecule has 1 aromatic heterocycles. The van der Waals surface area contributed by atoms with Crippen molar-refractivity contribution in [2.24, 2.45) is 5.92 Å². The van der Waals surface area contributed by atoms with Crippen molar-refractivity contribution in [3.05, 3.63) is 41.5 Å². The fraction of sp³-hybridized carbons (Fsp3) is 0.182. The van der Waals surface area contributed by atoms with Crippen LogP contribution in [0.3, 0.4) is 0 Å². The third-order valence-corrected chi connectivity index (χ3v) is 2.53. The number of nitriles is 1. The first-order valence-electron chi connectivity index (χ1n) is 4.53. The number of hydrogen-bond acceptors (Lipinski definition) is 3. The molecule has 0 saturated heterocycles. The molecule has 0 spiro atoms. The van der Waals surface area contributed by atoms with Crippen LogP contribution in [0, 0.1) is 17.2 Å². The molecular weight excluding hydrogens is 210 g/mol. The minimum Gasteiger partial charge on any atom is -0.244 e. The molecule has 0 N–H and O–H groups in total. The molecule has 1 aliphatic rings. The lowest BCUT2D eigenvalue weighted by Gasteiger charge is -2.15. The standard InChI is InChI=1S/C11H8ClN3/c12-10-2-1-8(4-13)11(3-10)9-5-14-7-15-6-9/h2-3,5-8H,1H2. The molecule has 0 aliphatic heterocycles. The van der Waals surface area contributed by atoms with Gasteiger partial charge in [0.2, 0.25) is 0 Å². The summed E-state index contributed by atoms with van der Waals surface area (Å²) in [6.07, 6.45) is 9.15. The van der Waals surface area contributed by atoms with E-state index in [0.717, 1.165) is 11.1 Å². The number of halogens is 1. The number of hydrogen-bond donors (Lipinski definition) is 0. The van der Waals surface area contributed by atoms with Crippen molar-refractivity contribution in [1.29, 1.82) is 5.26 Å². The molecule has 3 nitrogen and oxygen atoms in total. The summed E-state index contributed by atoms with van der Waals surface area (Å²) in [5.74, 6) is -0.154. The van der Waals surface area contributed by atoms with Gasteiger partial charge < -0.3 is 0 Å². The summed E-state index contributed by atoms with van der Waals surface area (Å²) >= 11 is 5.92. The van der Waals surface area contributed by atoms with Crippen LogP contribution in [0.25, 0.3) is 5.57 Å². The van der Waals surface area contributed by atoms with Gasteiger partial charge in [-0.1, -0.05) is 17.7 Å². The number of allylic oxidation sites excluding steroid dienone is 4. The Morgan fingerprint density at radius 3 is 2.80 bits per heavy atom. The Hall–Kier alpha value is -1.66. The van der Waals surface area contributed by atoms with Gasteiger partial charge in [0.15, 0.2) is 0 Å². The highest BCUT2D eigenvalue weighted by atomic mass is 35.5. The van der Waals surface area contributed by atoms with Crippen molar-refractivity contribution in [2.45, 2.75) is 6.42 Å². The van der Waals surface area contributed by atoms with Gasteiger partial charge in [-0.3, -0.25) is 0 Å². The van der Waals surface area contributed by atoms with E-state index < -0.39 is 0 Å². The van der Waals surface area contributed by atoms with Crippen LogP contribution in [0.5, 0.6) is 0 Å². The number of nitrogens with zero attached hydrogens (tertiary/aromatic N) is 3. The van der Waals surface area contributed by atoms with Crippen LogP contribution >= 0.6 is 11.6 Å². The van der Waals surface area contributed by atoms with E-state index in [-0.39, 0.29) is 5.92 Å². The monoisotopic (exact) mass is 217 g/mol. The molecule has 0 aromatic carbocycles. The van der Waals surface area contributed by atoms with Gasteiger partial charge in [-0.2, -0.15) is 5.26 Å². The van der Waals surface area contributed by atoms with Gasteiger partial charge in [0.1, 0.15) is 6.33 Å². The van der Waals surface area contributed by atoms with Gasteiger partial charge in [-0.05, 0) is 18.1 Å². The SMILES string of the molecule is N#CC1CC=C(Cl)C=C1c1cncnc1. The van der Waals surface area contributed by atoms with Gasteiger partial charge in [0.05, 0.1) is 12.0 Å². The van der Waals surface area contributed by atoms with E-state index in [2.05, 4.69) is 16.0 Å². The minimum atomic E-state index is -0.154. The first-order valence-corrected chi connectivity index (χ1v) is 4.91. The summed E-state index contributed by atoms with van der Waals surface area (Å²) in [6, 6.07) is 2.25. The summed E-state index contributed by atoms with van der Waals surface area (Å²) in [4.78, 5) is 7.86. The van der Waals surface area contributed by atoms with Gasteiger partial charge in [-0.15, -0.1) is 0 Å². The average molecular weight is 218 g/mol. The second-order valence-corrected chi connectivity index (χ2v) is 3.67. The average Bonchev–Trinajstić information content (AvgIpc) is 2.30. The van der Waals surface area contributed by atoms with Crippen LogP contribution in [0.4, 0.5) is 0 Å². The number of rotatable bonds is 1. The molecule has 74 valence electrons. The Labute approximate surface area is 92.7 Å². The molecule has 15 heavy (non-hydrogen) atoms. The van der Waals surface area contributed by atoms with Gasteiger partial charge >= 0.3 is 0 Å². The lowest BCUT2D eigenvalue weighted by Crippen LogP contribution is -2.04. The van der Waals surface area contributed by atoms with E-state index in [9.17, 15) is 0 Å². The molecule has 2 rings (SSSR count). The van der Waals surface area contributed by atoms with Gasteiger partial charge in [0, 0.05) is 23.0 Å². The second kappa shape index (κ2) is 4.24. The smallest absolute Gasteiger partial charge is 0.115 e. The first-order chi connectivity index (χ1) is 7.31. The van der Waals surface area contributed by atoms with E-state index in [1.54, 1.807) is 18.5 Å². The van der Waals surface area contributed by atoms with E-state index in [1.165, 1.54) is 6.33 Å². The van der Waals surface area contributed by atoms with Gasteiger partial charge in [-0.25, -0.2) is 9.97 Å². The predicted octanol–water partition coefficient (Wildman–Crippen LogP) is 2.53. The highest BCUT2D eigenvalue weighted by Gasteiger charge is 2.18. The Balaban J connectivity index is 2.42. The molecular formula is C11H8ClN3. The lowest BCUT2D eigenvalue weighted by atomic mass is 9.89. The molecule has 0 amide bonds. The second-order valence-electron chi connectivity index (χ2n) is 3.23. The zero-order chi connectivity index (χ0) is 10.7. The van der Waals surface area contributed by atoms with Gasteiger partial charge in [0.25, 0.3) is 0 Å². The maximum absolute atomic E-state index is 9.01. The molecule has 0 fully saturated rings. The normalized spacial score (nSPS) is 20.1. The Kier molecular flexibility index (Phi) is 2.79. The molecule has 1 aliphatic carbocycles. The van der Waals surface area contributed by atoms with Crippen molar-refractivity contribution in [3.8, 4) is 6.07 Å².